The van der Waals surface area contributed by atoms with Gasteiger partial charge in [0.1, 0.15) is 0 Å². The third-order valence-electron chi connectivity index (χ3n) is 4.08. The smallest absolute Gasteiger partial charge is 0.191 e. The van der Waals surface area contributed by atoms with E-state index in [1.54, 1.807) is 18.3 Å². The average molecular weight is 379 g/mol. The first-order valence-corrected chi connectivity index (χ1v) is 8.84. The highest BCUT2D eigenvalue weighted by molar-refractivity contribution is 7.80. The number of hydrogen-bond donors (Lipinski definition) is 3. The summed E-state index contributed by atoms with van der Waals surface area (Å²) in [5.74, 6) is 0. The molecule has 0 saturated carbocycles. The molecular formula is C20H15ClN4S. The van der Waals surface area contributed by atoms with Crippen LogP contribution in [-0.2, 0) is 0 Å². The Hall–Kier alpha value is -2.89. The Morgan fingerprint density at radius 1 is 1.00 bits per heavy atom. The van der Waals surface area contributed by atoms with Crippen molar-refractivity contribution in [1.29, 1.82) is 0 Å². The Bertz CT molecular complexity index is 1120. The molecule has 128 valence electrons. The fourth-order valence-electron chi connectivity index (χ4n) is 2.85. The van der Waals surface area contributed by atoms with Crippen LogP contribution in [0.1, 0.15) is 5.56 Å². The molecule has 0 fully saturated rings. The number of thiocarbonyl (C=S) groups is 1. The normalized spacial score (nSPS) is 11.3. The number of anilines is 1. The van der Waals surface area contributed by atoms with Crippen molar-refractivity contribution in [2.45, 2.75) is 0 Å². The first-order valence-electron chi connectivity index (χ1n) is 8.05. The first kappa shape index (κ1) is 16.6. The number of benzene rings is 3. The van der Waals surface area contributed by atoms with E-state index in [-0.39, 0.29) is 0 Å². The van der Waals surface area contributed by atoms with E-state index in [0.29, 0.717) is 10.1 Å². The number of rotatable bonds is 3. The average Bonchev–Trinajstić information content (AvgIpc) is 3.07. The maximum absolute atomic E-state index is 5.87. The minimum atomic E-state index is 0.411. The Balaban J connectivity index is 1.49. The highest BCUT2D eigenvalue weighted by atomic mass is 35.5. The Kier molecular flexibility index (Phi) is 4.56. The van der Waals surface area contributed by atoms with E-state index in [1.165, 1.54) is 10.8 Å². The van der Waals surface area contributed by atoms with Crippen molar-refractivity contribution in [2.24, 2.45) is 5.10 Å². The summed E-state index contributed by atoms with van der Waals surface area (Å²) in [6.07, 6.45) is 3.70. The van der Waals surface area contributed by atoms with Gasteiger partial charge >= 0.3 is 0 Å². The monoisotopic (exact) mass is 378 g/mol. The number of nitrogens with one attached hydrogen (secondary N) is 3. The summed E-state index contributed by atoms with van der Waals surface area (Å²) in [4.78, 5) is 3.33. The van der Waals surface area contributed by atoms with Gasteiger partial charge in [-0.25, -0.2) is 0 Å². The number of halogens is 1. The minimum absolute atomic E-state index is 0.411. The SMILES string of the molecule is S=C(N/N=C/c1c[nH]c2c1ccc1ccccc12)Nc1ccc(Cl)cc1. The maximum atomic E-state index is 5.87. The van der Waals surface area contributed by atoms with E-state index in [9.17, 15) is 0 Å². The van der Waals surface area contributed by atoms with E-state index in [2.05, 4.69) is 45.1 Å². The molecule has 1 heterocycles. The standard InChI is InChI=1S/C20H15ClN4S/c21-15-6-8-16(9-7-15)24-20(26)25-23-12-14-11-22-19-17-4-2-1-3-13(17)5-10-18(14)19/h1-12,22H,(H2,24,25,26)/b23-12+. The lowest BCUT2D eigenvalue weighted by atomic mass is 10.1. The van der Waals surface area contributed by atoms with Crippen molar-refractivity contribution in [1.82, 2.24) is 10.4 Å². The second kappa shape index (κ2) is 7.15. The van der Waals surface area contributed by atoms with Crippen LogP contribution in [0.4, 0.5) is 5.69 Å². The van der Waals surface area contributed by atoms with Crippen molar-refractivity contribution in [3.8, 4) is 0 Å². The summed E-state index contributed by atoms with van der Waals surface area (Å²) in [5, 5.41) is 11.9. The fraction of sp³-hybridized carbons (Fsp3) is 0. The third kappa shape index (κ3) is 3.40. The predicted molar refractivity (Wildman–Crippen MR) is 114 cm³/mol. The molecule has 4 rings (SSSR count). The molecule has 0 atom stereocenters. The summed E-state index contributed by atoms with van der Waals surface area (Å²) in [5.41, 5.74) is 5.77. The van der Waals surface area contributed by atoms with Gasteiger partial charge in [-0.3, -0.25) is 5.43 Å². The number of hydrazone groups is 1. The van der Waals surface area contributed by atoms with Gasteiger partial charge in [-0.15, -0.1) is 0 Å². The molecule has 0 aliphatic heterocycles. The minimum Gasteiger partial charge on any atom is -0.360 e. The van der Waals surface area contributed by atoms with Gasteiger partial charge < -0.3 is 10.3 Å². The lowest BCUT2D eigenvalue weighted by molar-refractivity contribution is 1.05. The van der Waals surface area contributed by atoms with Gasteiger partial charge in [0.05, 0.1) is 11.7 Å². The molecule has 0 saturated heterocycles. The molecule has 0 aliphatic carbocycles. The van der Waals surface area contributed by atoms with Crippen molar-refractivity contribution in [3.05, 3.63) is 77.4 Å². The van der Waals surface area contributed by atoms with Crippen LogP contribution < -0.4 is 10.7 Å². The van der Waals surface area contributed by atoms with Gasteiger partial charge in [0.15, 0.2) is 5.11 Å². The molecule has 0 aliphatic rings. The molecule has 1 aromatic heterocycles. The van der Waals surface area contributed by atoms with Crippen molar-refractivity contribution in [3.63, 3.8) is 0 Å². The highest BCUT2D eigenvalue weighted by Crippen LogP contribution is 2.26. The topological polar surface area (TPSA) is 52.2 Å². The number of aromatic amines is 1. The zero-order valence-corrected chi connectivity index (χ0v) is 15.2. The molecule has 3 N–H and O–H groups in total. The van der Waals surface area contributed by atoms with Crippen LogP contribution in [0.3, 0.4) is 0 Å². The van der Waals surface area contributed by atoms with Crippen LogP contribution in [0.25, 0.3) is 21.7 Å². The van der Waals surface area contributed by atoms with Gasteiger partial charge in [0, 0.05) is 33.2 Å². The summed E-state index contributed by atoms with van der Waals surface area (Å²) in [6, 6.07) is 19.8. The summed E-state index contributed by atoms with van der Waals surface area (Å²) >= 11 is 11.1. The van der Waals surface area contributed by atoms with Gasteiger partial charge in [-0.1, -0.05) is 48.0 Å². The van der Waals surface area contributed by atoms with Crippen LogP contribution in [0, 0.1) is 0 Å². The maximum Gasteiger partial charge on any atom is 0.191 e. The van der Waals surface area contributed by atoms with Gasteiger partial charge in [0.25, 0.3) is 0 Å². The number of aromatic nitrogens is 1. The van der Waals surface area contributed by atoms with Gasteiger partial charge in [0.2, 0.25) is 0 Å². The molecule has 3 aromatic carbocycles. The Labute approximate surface area is 160 Å². The van der Waals surface area contributed by atoms with E-state index in [4.69, 9.17) is 23.8 Å². The fourth-order valence-corrected chi connectivity index (χ4v) is 3.15. The Morgan fingerprint density at radius 2 is 1.81 bits per heavy atom. The molecule has 6 heteroatoms. The Morgan fingerprint density at radius 3 is 2.65 bits per heavy atom. The molecule has 0 unspecified atom stereocenters. The van der Waals surface area contributed by atoms with Gasteiger partial charge in [-0.05, 0) is 41.9 Å². The zero-order valence-electron chi connectivity index (χ0n) is 13.7. The summed E-state index contributed by atoms with van der Waals surface area (Å²) in [7, 11) is 0. The number of H-pyrrole nitrogens is 1. The van der Waals surface area contributed by atoms with Crippen molar-refractivity contribution in [2.75, 3.05) is 5.32 Å². The van der Waals surface area contributed by atoms with Crippen molar-refractivity contribution < 1.29 is 0 Å². The molecule has 0 amide bonds. The van der Waals surface area contributed by atoms with Crippen LogP contribution in [0.5, 0.6) is 0 Å². The van der Waals surface area contributed by atoms with E-state index in [0.717, 1.165) is 22.2 Å². The van der Waals surface area contributed by atoms with E-state index < -0.39 is 0 Å². The number of hydrogen-bond acceptors (Lipinski definition) is 2. The molecule has 26 heavy (non-hydrogen) atoms. The second-order valence-electron chi connectivity index (χ2n) is 5.78. The lowest BCUT2D eigenvalue weighted by Crippen LogP contribution is -2.23. The largest absolute Gasteiger partial charge is 0.360 e. The van der Waals surface area contributed by atoms with Crippen LogP contribution >= 0.6 is 23.8 Å². The van der Waals surface area contributed by atoms with Crippen molar-refractivity contribution >= 4 is 62.5 Å². The molecule has 0 bridgehead atoms. The molecular weight excluding hydrogens is 364 g/mol. The van der Waals surface area contributed by atoms with E-state index >= 15 is 0 Å². The quantitative estimate of drug-likeness (QED) is 0.258. The second-order valence-corrected chi connectivity index (χ2v) is 6.63. The van der Waals surface area contributed by atoms with E-state index in [1.807, 2.05) is 30.5 Å². The molecule has 4 nitrogen and oxygen atoms in total. The highest BCUT2D eigenvalue weighted by Gasteiger charge is 2.05. The number of fused-ring (bicyclic) bond motifs is 3. The van der Waals surface area contributed by atoms with Crippen LogP contribution in [0.2, 0.25) is 5.02 Å². The van der Waals surface area contributed by atoms with Gasteiger partial charge in [-0.2, -0.15) is 5.10 Å². The molecule has 4 aromatic rings. The summed E-state index contributed by atoms with van der Waals surface area (Å²) in [6.45, 7) is 0. The van der Waals surface area contributed by atoms with Crippen LogP contribution in [0.15, 0.2) is 72.0 Å². The molecule has 0 radical (unpaired) electrons. The molecule has 0 spiro atoms. The predicted octanol–water partition coefficient (Wildman–Crippen LogP) is 5.30. The summed E-state index contributed by atoms with van der Waals surface area (Å²) < 4.78 is 0. The van der Waals surface area contributed by atoms with Crippen LogP contribution in [-0.4, -0.2) is 16.3 Å². The number of nitrogens with zero attached hydrogens (tertiary/aromatic N) is 1. The lowest BCUT2D eigenvalue weighted by Gasteiger charge is -2.06. The zero-order chi connectivity index (χ0) is 17.9. The third-order valence-corrected chi connectivity index (χ3v) is 4.53. The first-order chi connectivity index (χ1) is 12.7.